The first-order chi connectivity index (χ1) is 9.80. The van der Waals surface area contributed by atoms with Gasteiger partial charge in [-0.3, -0.25) is 0 Å². The molecule has 0 aliphatic carbocycles. The van der Waals surface area contributed by atoms with E-state index < -0.39 is 0 Å². The third kappa shape index (κ3) is 3.39. The van der Waals surface area contributed by atoms with Crippen molar-refractivity contribution in [3.05, 3.63) is 11.9 Å². The minimum Gasteiger partial charge on any atom is -0.396 e. The average Bonchev–Trinajstić information content (AvgIpc) is 2.52. The Morgan fingerprint density at radius 3 is 2.65 bits per heavy atom. The number of rotatable bonds is 6. The van der Waals surface area contributed by atoms with Gasteiger partial charge in [-0.05, 0) is 31.6 Å². The molecule has 20 heavy (non-hydrogen) atoms. The van der Waals surface area contributed by atoms with Gasteiger partial charge in [-0.2, -0.15) is 0 Å². The zero-order chi connectivity index (χ0) is 14.4. The van der Waals surface area contributed by atoms with Crippen LogP contribution in [0.4, 0.5) is 11.6 Å². The normalized spacial score (nSPS) is 16.4. The third-order valence-corrected chi connectivity index (χ3v) is 3.99. The van der Waals surface area contributed by atoms with Crippen LogP contribution in [0.25, 0.3) is 0 Å². The van der Waals surface area contributed by atoms with E-state index in [9.17, 15) is 5.11 Å². The highest BCUT2D eigenvalue weighted by Crippen LogP contribution is 2.27. The van der Waals surface area contributed by atoms with Gasteiger partial charge >= 0.3 is 0 Å². The van der Waals surface area contributed by atoms with Crippen LogP contribution >= 0.6 is 0 Å². The summed E-state index contributed by atoms with van der Waals surface area (Å²) >= 11 is 0. The van der Waals surface area contributed by atoms with Gasteiger partial charge in [0, 0.05) is 31.8 Å². The van der Waals surface area contributed by atoms with Crippen molar-refractivity contribution >= 4 is 11.6 Å². The lowest BCUT2D eigenvalue weighted by molar-refractivity contribution is 0.202. The molecular formula is C15H26N4O. The maximum atomic E-state index is 9.24. The van der Waals surface area contributed by atoms with E-state index in [2.05, 4.69) is 34.0 Å². The summed E-state index contributed by atoms with van der Waals surface area (Å²) in [6.07, 6.45) is 5.76. The van der Waals surface area contributed by atoms with E-state index in [4.69, 9.17) is 0 Å². The lowest BCUT2D eigenvalue weighted by Gasteiger charge is -2.33. The molecule has 0 amide bonds. The molecule has 0 unspecified atom stereocenters. The van der Waals surface area contributed by atoms with E-state index in [-0.39, 0.29) is 0 Å². The Labute approximate surface area is 121 Å². The van der Waals surface area contributed by atoms with Crippen molar-refractivity contribution in [1.82, 2.24) is 9.97 Å². The van der Waals surface area contributed by atoms with Crippen molar-refractivity contribution in [2.45, 2.75) is 39.5 Å². The van der Waals surface area contributed by atoms with Gasteiger partial charge in [-0.15, -0.1) is 0 Å². The number of aliphatic hydroxyl groups is 1. The predicted octanol–water partition coefficient (Wildman–Crippen LogP) is 2.07. The topological polar surface area (TPSA) is 61.3 Å². The van der Waals surface area contributed by atoms with Gasteiger partial charge < -0.3 is 15.3 Å². The van der Waals surface area contributed by atoms with E-state index in [1.165, 1.54) is 5.56 Å². The smallest absolute Gasteiger partial charge is 0.137 e. The highest BCUT2D eigenvalue weighted by Gasteiger charge is 2.22. The second-order valence-electron chi connectivity index (χ2n) is 5.42. The molecule has 1 aliphatic rings. The Balaban J connectivity index is 2.14. The molecule has 1 aromatic rings. The Bertz CT molecular complexity index is 416. The summed E-state index contributed by atoms with van der Waals surface area (Å²) in [4.78, 5) is 11.2. The van der Waals surface area contributed by atoms with Crippen LogP contribution in [0.3, 0.4) is 0 Å². The molecule has 2 rings (SSSR count). The summed E-state index contributed by atoms with van der Waals surface area (Å²) in [5.41, 5.74) is 1.21. The van der Waals surface area contributed by atoms with Crippen LogP contribution in [-0.4, -0.2) is 41.3 Å². The summed E-state index contributed by atoms with van der Waals surface area (Å²) < 4.78 is 0. The number of anilines is 2. The van der Waals surface area contributed by atoms with Crippen LogP contribution in [-0.2, 0) is 6.42 Å². The Kier molecular flexibility index (Phi) is 5.59. The first-order valence-corrected chi connectivity index (χ1v) is 7.73. The molecule has 1 aliphatic heterocycles. The summed E-state index contributed by atoms with van der Waals surface area (Å²) in [6.45, 7) is 7.50. The standard InChI is InChI=1S/C15H26N4O/c1-3-7-16-14-13(4-2)15(18-11-17-14)19-8-5-12(10-20)6-9-19/h11-12,20H,3-10H2,1-2H3,(H,16,17,18). The molecule has 1 fully saturated rings. The molecule has 112 valence electrons. The lowest BCUT2D eigenvalue weighted by atomic mass is 9.97. The summed E-state index contributed by atoms with van der Waals surface area (Å²) in [5.74, 6) is 2.50. The van der Waals surface area contributed by atoms with Crippen LogP contribution in [0.2, 0.25) is 0 Å². The minimum absolute atomic E-state index is 0.307. The Morgan fingerprint density at radius 1 is 1.30 bits per heavy atom. The molecule has 1 aromatic heterocycles. The quantitative estimate of drug-likeness (QED) is 0.834. The first kappa shape index (κ1) is 15.0. The van der Waals surface area contributed by atoms with Gasteiger partial charge in [0.15, 0.2) is 0 Å². The molecule has 2 heterocycles. The molecule has 5 heteroatoms. The van der Waals surface area contributed by atoms with Crippen LogP contribution in [0, 0.1) is 5.92 Å². The lowest BCUT2D eigenvalue weighted by Crippen LogP contribution is -2.36. The zero-order valence-electron chi connectivity index (χ0n) is 12.6. The predicted molar refractivity (Wildman–Crippen MR) is 82.2 cm³/mol. The zero-order valence-corrected chi connectivity index (χ0v) is 12.6. The minimum atomic E-state index is 0.307. The molecule has 5 nitrogen and oxygen atoms in total. The third-order valence-electron chi connectivity index (χ3n) is 3.99. The Hall–Kier alpha value is -1.36. The molecule has 0 bridgehead atoms. The highest BCUT2D eigenvalue weighted by molar-refractivity contribution is 5.59. The number of aromatic nitrogens is 2. The number of nitrogens with one attached hydrogen (secondary N) is 1. The summed E-state index contributed by atoms with van der Waals surface area (Å²) in [7, 11) is 0. The van der Waals surface area contributed by atoms with Crippen LogP contribution in [0.1, 0.15) is 38.7 Å². The van der Waals surface area contributed by atoms with Crippen LogP contribution in [0.5, 0.6) is 0 Å². The second kappa shape index (κ2) is 7.43. The number of nitrogens with zero attached hydrogens (tertiary/aromatic N) is 3. The van der Waals surface area contributed by atoms with Crippen LogP contribution in [0.15, 0.2) is 6.33 Å². The van der Waals surface area contributed by atoms with Gasteiger partial charge in [-0.25, -0.2) is 9.97 Å². The molecule has 0 aromatic carbocycles. The largest absolute Gasteiger partial charge is 0.396 e. The SMILES string of the molecule is CCCNc1ncnc(N2CCC(CO)CC2)c1CC. The molecule has 0 spiro atoms. The van der Waals surface area contributed by atoms with Crippen molar-refractivity contribution in [2.24, 2.45) is 5.92 Å². The second-order valence-corrected chi connectivity index (χ2v) is 5.42. The fourth-order valence-corrected chi connectivity index (χ4v) is 2.72. The Morgan fingerprint density at radius 2 is 2.05 bits per heavy atom. The molecule has 1 saturated heterocycles. The monoisotopic (exact) mass is 278 g/mol. The van der Waals surface area contributed by atoms with E-state index in [1.807, 2.05) is 0 Å². The van der Waals surface area contributed by atoms with Gasteiger partial charge in [0.1, 0.15) is 18.0 Å². The van der Waals surface area contributed by atoms with Gasteiger partial charge in [0.25, 0.3) is 0 Å². The maximum absolute atomic E-state index is 9.24. The number of hydrogen-bond donors (Lipinski definition) is 2. The molecule has 0 saturated carbocycles. The van der Waals surface area contributed by atoms with Gasteiger partial charge in [0.2, 0.25) is 0 Å². The van der Waals surface area contributed by atoms with Crippen molar-refractivity contribution in [3.63, 3.8) is 0 Å². The molecule has 0 radical (unpaired) electrons. The maximum Gasteiger partial charge on any atom is 0.137 e. The molecule has 2 N–H and O–H groups in total. The number of aliphatic hydroxyl groups excluding tert-OH is 1. The van der Waals surface area contributed by atoms with E-state index in [1.54, 1.807) is 6.33 Å². The van der Waals surface area contributed by atoms with E-state index in [0.29, 0.717) is 12.5 Å². The molecular weight excluding hydrogens is 252 g/mol. The fraction of sp³-hybridized carbons (Fsp3) is 0.733. The first-order valence-electron chi connectivity index (χ1n) is 7.73. The summed E-state index contributed by atoms with van der Waals surface area (Å²) in [5, 5.41) is 12.6. The number of hydrogen-bond acceptors (Lipinski definition) is 5. The van der Waals surface area contributed by atoms with E-state index >= 15 is 0 Å². The number of piperidine rings is 1. The van der Waals surface area contributed by atoms with Crippen molar-refractivity contribution in [2.75, 3.05) is 36.5 Å². The van der Waals surface area contributed by atoms with Gasteiger partial charge in [0.05, 0.1) is 0 Å². The van der Waals surface area contributed by atoms with Crippen LogP contribution < -0.4 is 10.2 Å². The van der Waals surface area contributed by atoms with Gasteiger partial charge in [-0.1, -0.05) is 13.8 Å². The average molecular weight is 278 g/mol. The van der Waals surface area contributed by atoms with E-state index in [0.717, 1.165) is 57.0 Å². The fourth-order valence-electron chi connectivity index (χ4n) is 2.72. The van der Waals surface area contributed by atoms with Crippen molar-refractivity contribution < 1.29 is 5.11 Å². The molecule has 0 atom stereocenters. The highest BCUT2D eigenvalue weighted by atomic mass is 16.3. The van der Waals surface area contributed by atoms with Crippen molar-refractivity contribution in [3.8, 4) is 0 Å². The van der Waals surface area contributed by atoms with Crippen molar-refractivity contribution in [1.29, 1.82) is 0 Å². The summed E-state index contributed by atoms with van der Waals surface area (Å²) in [6, 6.07) is 0.